The van der Waals surface area contributed by atoms with Crippen molar-refractivity contribution in [1.82, 2.24) is 9.80 Å². The van der Waals surface area contributed by atoms with Crippen LogP contribution in [0.3, 0.4) is 0 Å². The van der Waals surface area contributed by atoms with Crippen molar-refractivity contribution in [1.29, 1.82) is 0 Å². The molecule has 0 amide bonds. The van der Waals surface area contributed by atoms with Crippen molar-refractivity contribution in [3.05, 3.63) is 29.8 Å². The molecule has 19 heavy (non-hydrogen) atoms. The number of ether oxygens (including phenoxy) is 1. The molecule has 5 heteroatoms. The van der Waals surface area contributed by atoms with Gasteiger partial charge in [0.15, 0.2) is 0 Å². The molecule has 0 unspecified atom stereocenters. The van der Waals surface area contributed by atoms with E-state index in [1.807, 2.05) is 12.1 Å². The van der Waals surface area contributed by atoms with E-state index < -0.39 is 0 Å². The van der Waals surface area contributed by atoms with Gasteiger partial charge in [-0.3, -0.25) is 9.80 Å². The Morgan fingerprint density at radius 3 is 2.58 bits per heavy atom. The molecule has 104 valence electrons. The van der Waals surface area contributed by atoms with Gasteiger partial charge in [-0.25, -0.2) is 0 Å². The number of piperazine rings is 1. The van der Waals surface area contributed by atoms with Crippen LogP contribution in [0.1, 0.15) is 5.56 Å². The van der Waals surface area contributed by atoms with Gasteiger partial charge >= 0.3 is 0 Å². The molecule has 2 rings (SSSR count). The van der Waals surface area contributed by atoms with E-state index in [1.54, 1.807) is 7.11 Å². The number of nitrogens with two attached hydrogens (primary N) is 1. The Balaban J connectivity index is 1.83. The maximum atomic E-state index is 5.58. The fourth-order valence-electron chi connectivity index (χ4n) is 2.35. The molecule has 4 nitrogen and oxygen atoms in total. The van der Waals surface area contributed by atoms with Crippen molar-refractivity contribution in [3.63, 3.8) is 0 Å². The number of methoxy groups -OCH3 is 1. The predicted octanol–water partition coefficient (Wildman–Crippen LogP) is 1.10. The maximum absolute atomic E-state index is 5.58. The molecular weight excluding hydrogens is 258 g/mol. The molecule has 0 aromatic heterocycles. The Labute approximate surface area is 120 Å². The number of benzene rings is 1. The smallest absolute Gasteiger partial charge is 0.119 e. The van der Waals surface area contributed by atoms with Crippen LogP contribution in [0.4, 0.5) is 0 Å². The van der Waals surface area contributed by atoms with E-state index in [0.29, 0.717) is 4.99 Å². The molecule has 0 atom stereocenters. The fourth-order valence-corrected chi connectivity index (χ4v) is 2.54. The van der Waals surface area contributed by atoms with Crippen molar-refractivity contribution in [2.24, 2.45) is 5.73 Å². The van der Waals surface area contributed by atoms with Gasteiger partial charge in [-0.1, -0.05) is 24.4 Å². The normalized spacial score (nSPS) is 17.3. The van der Waals surface area contributed by atoms with Crippen LogP contribution in [0.15, 0.2) is 24.3 Å². The molecule has 0 spiro atoms. The predicted molar refractivity (Wildman–Crippen MR) is 81.5 cm³/mol. The van der Waals surface area contributed by atoms with E-state index in [2.05, 4.69) is 21.9 Å². The minimum atomic E-state index is 0.584. The van der Waals surface area contributed by atoms with Crippen LogP contribution in [-0.2, 0) is 6.54 Å². The van der Waals surface area contributed by atoms with Crippen LogP contribution in [0, 0.1) is 0 Å². The molecule has 0 aliphatic carbocycles. The second-order valence-corrected chi connectivity index (χ2v) is 5.39. The minimum absolute atomic E-state index is 0.584. The molecule has 1 heterocycles. The third-order valence-corrected chi connectivity index (χ3v) is 3.51. The summed E-state index contributed by atoms with van der Waals surface area (Å²) >= 11 is 4.95. The minimum Gasteiger partial charge on any atom is -0.497 e. The maximum Gasteiger partial charge on any atom is 0.119 e. The first-order chi connectivity index (χ1) is 9.17. The first-order valence-corrected chi connectivity index (χ1v) is 6.94. The van der Waals surface area contributed by atoms with Gasteiger partial charge in [0.2, 0.25) is 0 Å². The largest absolute Gasteiger partial charge is 0.497 e. The molecule has 2 N–H and O–H groups in total. The molecule has 1 aliphatic heterocycles. The van der Waals surface area contributed by atoms with E-state index in [4.69, 9.17) is 22.7 Å². The average Bonchev–Trinajstić information content (AvgIpc) is 2.41. The molecule has 1 aromatic rings. The van der Waals surface area contributed by atoms with Crippen LogP contribution < -0.4 is 10.5 Å². The zero-order chi connectivity index (χ0) is 13.7. The summed E-state index contributed by atoms with van der Waals surface area (Å²) in [7, 11) is 1.70. The molecular formula is C14H21N3OS. The van der Waals surface area contributed by atoms with Crippen LogP contribution in [0.2, 0.25) is 0 Å². The topological polar surface area (TPSA) is 41.7 Å². The second kappa shape index (κ2) is 6.84. The van der Waals surface area contributed by atoms with Crippen LogP contribution in [0.5, 0.6) is 5.75 Å². The van der Waals surface area contributed by atoms with Gasteiger partial charge in [-0.05, 0) is 17.7 Å². The highest BCUT2D eigenvalue weighted by Gasteiger charge is 2.17. The lowest BCUT2D eigenvalue weighted by atomic mass is 10.2. The summed E-state index contributed by atoms with van der Waals surface area (Å²) in [6.45, 7) is 5.88. The Kier molecular flexibility index (Phi) is 5.13. The Hall–Kier alpha value is -1.17. The fraction of sp³-hybridized carbons (Fsp3) is 0.500. The Morgan fingerprint density at radius 1 is 1.26 bits per heavy atom. The number of rotatable bonds is 5. The lowest BCUT2D eigenvalue weighted by Crippen LogP contribution is -2.48. The van der Waals surface area contributed by atoms with E-state index in [0.717, 1.165) is 45.0 Å². The summed E-state index contributed by atoms with van der Waals surface area (Å²) in [5, 5.41) is 0. The molecule has 1 saturated heterocycles. The van der Waals surface area contributed by atoms with Crippen LogP contribution in [0.25, 0.3) is 0 Å². The van der Waals surface area contributed by atoms with Gasteiger partial charge in [0.05, 0.1) is 12.1 Å². The molecule has 1 fully saturated rings. The van der Waals surface area contributed by atoms with E-state index >= 15 is 0 Å². The summed E-state index contributed by atoms with van der Waals surface area (Å²) in [6.07, 6.45) is 0. The summed E-state index contributed by atoms with van der Waals surface area (Å²) in [6, 6.07) is 8.26. The molecule has 1 aliphatic rings. The molecule has 0 radical (unpaired) electrons. The van der Waals surface area contributed by atoms with Gasteiger partial charge in [-0.2, -0.15) is 0 Å². The third-order valence-electron chi connectivity index (χ3n) is 3.38. The number of hydrogen-bond acceptors (Lipinski definition) is 4. The van der Waals surface area contributed by atoms with Crippen molar-refractivity contribution < 1.29 is 4.74 Å². The monoisotopic (exact) mass is 279 g/mol. The lowest BCUT2D eigenvalue weighted by molar-refractivity contribution is 0.140. The van der Waals surface area contributed by atoms with Crippen molar-refractivity contribution in [2.45, 2.75) is 6.54 Å². The van der Waals surface area contributed by atoms with Gasteiger partial charge < -0.3 is 10.5 Å². The second-order valence-electron chi connectivity index (χ2n) is 4.87. The summed E-state index contributed by atoms with van der Waals surface area (Å²) in [5.74, 6) is 0.921. The van der Waals surface area contributed by atoms with Crippen LogP contribution in [-0.4, -0.2) is 54.6 Å². The van der Waals surface area contributed by atoms with Gasteiger partial charge in [0, 0.05) is 39.3 Å². The van der Waals surface area contributed by atoms with E-state index in [9.17, 15) is 0 Å². The standard InChI is InChI=1S/C14H21N3OS/c1-18-13-4-2-3-12(9-13)10-16-5-7-17(8-6-16)11-14(15)19/h2-4,9H,5-8,10-11H2,1H3,(H2,15,19). The van der Waals surface area contributed by atoms with Crippen molar-refractivity contribution in [3.8, 4) is 5.75 Å². The first-order valence-electron chi connectivity index (χ1n) is 6.53. The SMILES string of the molecule is COc1cccc(CN2CCN(CC(N)=S)CC2)c1. The van der Waals surface area contributed by atoms with Crippen molar-refractivity contribution >= 4 is 17.2 Å². The van der Waals surface area contributed by atoms with E-state index in [1.165, 1.54) is 5.56 Å². The number of nitrogens with zero attached hydrogens (tertiary/aromatic N) is 2. The number of thiocarbonyl (C=S) groups is 1. The molecule has 0 saturated carbocycles. The summed E-state index contributed by atoms with van der Waals surface area (Å²) in [4.78, 5) is 5.34. The highest BCUT2D eigenvalue weighted by atomic mass is 32.1. The zero-order valence-electron chi connectivity index (χ0n) is 11.3. The van der Waals surface area contributed by atoms with E-state index in [-0.39, 0.29) is 0 Å². The van der Waals surface area contributed by atoms with Crippen LogP contribution >= 0.6 is 12.2 Å². The quantitative estimate of drug-likeness (QED) is 0.818. The van der Waals surface area contributed by atoms with Crippen molar-refractivity contribution in [2.75, 3.05) is 39.8 Å². The van der Waals surface area contributed by atoms with Gasteiger partial charge in [-0.15, -0.1) is 0 Å². The lowest BCUT2D eigenvalue weighted by Gasteiger charge is -2.34. The summed E-state index contributed by atoms with van der Waals surface area (Å²) < 4.78 is 5.25. The highest BCUT2D eigenvalue weighted by Crippen LogP contribution is 2.15. The number of hydrogen-bond donors (Lipinski definition) is 1. The van der Waals surface area contributed by atoms with Gasteiger partial charge in [0.1, 0.15) is 5.75 Å². The first kappa shape index (κ1) is 14.2. The highest BCUT2D eigenvalue weighted by molar-refractivity contribution is 7.80. The van der Waals surface area contributed by atoms with Gasteiger partial charge in [0.25, 0.3) is 0 Å². The molecule has 1 aromatic carbocycles. The summed E-state index contributed by atoms with van der Waals surface area (Å²) in [5.41, 5.74) is 6.87. The Bertz CT molecular complexity index is 430. The zero-order valence-corrected chi connectivity index (χ0v) is 12.2. The Morgan fingerprint density at radius 2 is 1.95 bits per heavy atom. The third kappa shape index (κ3) is 4.45. The molecule has 0 bridgehead atoms. The average molecular weight is 279 g/mol.